The highest BCUT2D eigenvalue weighted by atomic mass is 35.5. The highest BCUT2D eigenvalue weighted by Gasteiger charge is 2.21. The molecule has 8 heteroatoms. The fraction of sp³-hybridized carbons (Fsp3) is 0.294. The minimum atomic E-state index is -0.125. The number of nitrogens with one attached hydrogen (secondary N) is 1. The molecule has 0 saturated carbocycles. The van der Waals surface area contributed by atoms with Crippen LogP contribution in [0.4, 0.5) is 11.6 Å². The maximum absolute atomic E-state index is 12.5. The maximum Gasteiger partial charge on any atom is 0.257 e. The van der Waals surface area contributed by atoms with Gasteiger partial charge in [0, 0.05) is 49.3 Å². The van der Waals surface area contributed by atoms with Gasteiger partial charge in [0.15, 0.2) is 0 Å². The molecule has 1 N–H and O–H groups in total. The molecule has 1 fully saturated rings. The van der Waals surface area contributed by atoms with Crippen LogP contribution in [0, 0.1) is 6.92 Å². The Labute approximate surface area is 150 Å². The molecule has 2 heterocycles. The van der Waals surface area contributed by atoms with E-state index in [1.807, 2.05) is 19.1 Å². The second-order valence-corrected chi connectivity index (χ2v) is 6.25. The number of carbonyl (C=O) groups is 2. The molecule has 0 spiro atoms. The average Bonchev–Trinajstić information content (AvgIpc) is 2.64. The number of halogens is 1. The molecule has 1 aliphatic rings. The van der Waals surface area contributed by atoms with Crippen molar-refractivity contribution >= 4 is 35.6 Å². The summed E-state index contributed by atoms with van der Waals surface area (Å²) in [7, 11) is 0. The lowest BCUT2D eigenvalue weighted by Gasteiger charge is -2.32. The molecule has 0 bridgehead atoms. The molecule has 130 valence electrons. The molecule has 0 unspecified atom stereocenters. The zero-order valence-electron chi connectivity index (χ0n) is 13.8. The molecule has 1 aromatic carbocycles. The van der Waals surface area contributed by atoms with Gasteiger partial charge in [0.1, 0.15) is 0 Å². The lowest BCUT2D eigenvalue weighted by molar-refractivity contribution is -0.119. The van der Waals surface area contributed by atoms with Gasteiger partial charge in [-0.05, 0) is 30.7 Å². The Morgan fingerprint density at radius 1 is 1.20 bits per heavy atom. The van der Waals surface area contributed by atoms with Crippen LogP contribution < -0.4 is 5.32 Å². The monoisotopic (exact) mass is 359 g/mol. The Morgan fingerprint density at radius 3 is 2.48 bits per heavy atom. The third-order valence-corrected chi connectivity index (χ3v) is 4.32. The van der Waals surface area contributed by atoms with Crippen LogP contribution in [-0.4, -0.2) is 58.3 Å². The minimum absolute atomic E-state index is 0.125. The molecule has 3 rings (SSSR count). The molecule has 0 atom stereocenters. The fourth-order valence-electron chi connectivity index (χ4n) is 2.60. The number of anilines is 2. The van der Waals surface area contributed by atoms with E-state index in [1.165, 1.54) is 12.4 Å². The van der Waals surface area contributed by atoms with Gasteiger partial charge in [0.2, 0.25) is 12.4 Å². The van der Waals surface area contributed by atoms with Crippen molar-refractivity contribution in [2.75, 3.05) is 31.5 Å². The number of benzene rings is 1. The number of aromatic nitrogens is 2. The number of piperazine rings is 1. The van der Waals surface area contributed by atoms with Gasteiger partial charge in [-0.1, -0.05) is 11.6 Å². The van der Waals surface area contributed by atoms with Crippen molar-refractivity contribution in [3.8, 4) is 0 Å². The van der Waals surface area contributed by atoms with Gasteiger partial charge in [0.05, 0.1) is 5.56 Å². The van der Waals surface area contributed by atoms with E-state index in [0.29, 0.717) is 42.7 Å². The van der Waals surface area contributed by atoms with Crippen LogP contribution in [0.3, 0.4) is 0 Å². The van der Waals surface area contributed by atoms with Gasteiger partial charge in [-0.25, -0.2) is 9.97 Å². The molecular weight excluding hydrogens is 342 g/mol. The first kappa shape index (κ1) is 17.2. The molecular formula is C17H18ClN5O2. The molecule has 1 aliphatic heterocycles. The second-order valence-electron chi connectivity index (χ2n) is 5.81. The van der Waals surface area contributed by atoms with Crippen LogP contribution in [0.1, 0.15) is 15.9 Å². The molecule has 1 aromatic heterocycles. The fourth-order valence-corrected chi connectivity index (χ4v) is 2.83. The van der Waals surface area contributed by atoms with E-state index in [-0.39, 0.29) is 5.91 Å². The van der Waals surface area contributed by atoms with Crippen molar-refractivity contribution in [3.63, 3.8) is 0 Å². The molecule has 0 radical (unpaired) electrons. The lowest BCUT2D eigenvalue weighted by Crippen LogP contribution is -2.48. The van der Waals surface area contributed by atoms with Gasteiger partial charge in [-0.3, -0.25) is 9.59 Å². The summed E-state index contributed by atoms with van der Waals surface area (Å²) >= 11 is 5.94. The van der Waals surface area contributed by atoms with Crippen LogP contribution in [0.2, 0.25) is 5.02 Å². The Balaban J connectivity index is 1.65. The second kappa shape index (κ2) is 7.48. The summed E-state index contributed by atoms with van der Waals surface area (Å²) in [4.78, 5) is 35.0. The summed E-state index contributed by atoms with van der Waals surface area (Å²) < 4.78 is 0. The molecule has 25 heavy (non-hydrogen) atoms. The average molecular weight is 360 g/mol. The van der Waals surface area contributed by atoms with Crippen molar-refractivity contribution in [1.82, 2.24) is 19.8 Å². The first-order valence-electron chi connectivity index (χ1n) is 7.90. The predicted octanol–water partition coefficient (Wildman–Crippen LogP) is 2.10. The number of rotatable bonds is 4. The number of nitrogens with zero attached hydrogens (tertiary/aromatic N) is 4. The standard InChI is InChI=1S/C17H18ClN5O2/c1-12-8-14(18)2-3-15(12)21-17-19-9-13(10-20-17)16(25)23-6-4-22(11-24)5-7-23/h2-3,8-11H,4-7H2,1H3,(H,19,20,21). The molecule has 1 saturated heterocycles. The van der Waals surface area contributed by atoms with Crippen LogP contribution in [-0.2, 0) is 4.79 Å². The van der Waals surface area contributed by atoms with E-state index in [2.05, 4.69) is 15.3 Å². The van der Waals surface area contributed by atoms with E-state index in [1.54, 1.807) is 15.9 Å². The van der Waals surface area contributed by atoms with Crippen molar-refractivity contribution in [3.05, 3.63) is 46.7 Å². The summed E-state index contributed by atoms with van der Waals surface area (Å²) in [6.07, 6.45) is 3.83. The van der Waals surface area contributed by atoms with Crippen LogP contribution >= 0.6 is 11.6 Å². The predicted molar refractivity (Wildman–Crippen MR) is 95.0 cm³/mol. The first-order chi connectivity index (χ1) is 12.1. The largest absolute Gasteiger partial charge is 0.342 e. The van der Waals surface area contributed by atoms with E-state index < -0.39 is 0 Å². The molecule has 0 aliphatic carbocycles. The SMILES string of the molecule is Cc1cc(Cl)ccc1Nc1ncc(C(=O)N2CCN(C=O)CC2)cn1. The first-order valence-corrected chi connectivity index (χ1v) is 8.28. The summed E-state index contributed by atoms with van der Waals surface area (Å²) in [6, 6.07) is 5.49. The Bertz CT molecular complexity index is 773. The van der Waals surface area contributed by atoms with Crippen molar-refractivity contribution in [2.24, 2.45) is 0 Å². The number of aryl methyl sites for hydroxylation is 1. The van der Waals surface area contributed by atoms with E-state index in [4.69, 9.17) is 11.6 Å². The highest BCUT2D eigenvalue weighted by Crippen LogP contribution is 2.22. The minimum Gasteiger partial charge on any atom is -0.342 e. The quantitative estimate of drug-likeness (QED) is 0.846. The Kier molecular flexibility index (Phi) is 5.14. The van der Waals surface area contributed by atoms with Gasteiger partial charge >= 0.3 is 0 Å². The van der Waals surface area contributed by atoms with E-state index in [9.17, 15) is 9.59 Å². The van der Waals surface area contributed by atoms with E-state index in [0.717, 1.165) is 17.7 Å². The van der Waals surface area contributed by atoms with Gasteiger partial charge in [0.25, 0.3) is 5.91 Å². The normalized spacial score (nSPS) is 14.3. The topological polar surface area (TPSA) is 78.4 Å². The number of hydrogen-bond acceptors (Lipinski definition) is 5. The van der Waals surface area contributed by atoms with Crippen molar-refractivity contribution in [2.45, 2.75) is 6.92 Å². The Hall–Kier alpha value is -2.67. The summed E-state index contributed by atoms with van der Waals surface area (Å²) in [6.45, 7) is 4.06. The van der Waals surface area contributed by atoms with Crippen molar-refractivity contribution in [1.29, 1.82) is 0 Å². The smallest absolute Gasteiger partial charge is 0.257 e. The zero-order chi connectivity index (χ0) is 17.8. The zero-order valence-corrected chi connectivity index (χ0v) is 14.5. The van der Waals surface area contributed by atoms with Gasteiger partial charge in [-0.2, -0.15) is 0 Å². The van der Waals surface area contributed by atoms with Gasteiger partial charge < -0.3 is 15.1 Å². The maximum atomic E-state index is 12.5. The summed E-state index contributed by atoms with van der Waals surface area (Å²) in [5.74, 6) is 0.285. The summed E-state index contributed by atoms with van der Waals surface area (Å²) in [5.41, 5.74) is 2.26. The van der Waals surface area contributed by atoms with E-state index >= 15 is 0 Å². The van der Waals surface area contributed by atoms with Crippen molar-refractivity contribution < 1.29 is 9.59 Å². The van der Waals surface area contributed by atoms with Gasteiger partial charge in [-0.15, -0.1) is 0 Å². The lowest BCUT2D eigenvalue weighted by atomic mass is 10.2. The number of carbonyl (C=O) groups excluding carboxylic acids is 2. The molecule has 2 amide bonds. The van der Waals surface area contributed by atoms with Crippen LogP contribution in [0.15, 0.2) is 30.6 Å². The highest BCUT2D eigenvalue weighted by molar-refractivity contribution is 6.30. The van der Waals surface area contributed by atoms with Crippen LogP contribution in [0.25, 0.3) is 0 Å². The third kappa shape index (κ3) is 4.06. The Morgan fingerprint density at radius 2 is 1.88 bits per heavy atom. The number of amides is 2. The van der Waals surface area contributed by atoms with Crippen LogP contribution in [0.5, 0.6) is 0 Å². The third-order valence-electron chi connectivity index (χ3n) is 4.08. The molecule has 2 aromatic rings. The summed E-state index contributed by atoms with van der Waals surface area (Å²) in [5, 5.41) is 3.77. The number of hydrogen-bond donors (Lipinski definition) is 1. The molecule has 7 nitrogen and oxygen atoms in total.